The Morgan fingerprint density at radius 1 is 1.39 bits per heavy atom. The molecule has 0 heterocycles. The fourth-order valence-electron chi connectivity index (χ4n) is 1.46. The Morgan fingerprint density at radius 2 is 2.00 bits per heavy atom. The summed E-state index contributed by atoms with van der Waals surface area (Å²) in [4.78, 5) is 23.2. The molecule has 0 fully saturated rings. The van der Waals surface area contributed by atoms with Gasteiger partial charge in [0.1, 0.15) is 0 Å². The van der Waals surface area contributed by atoms with Crippen molar-refractivity contribution in [3.05, 3.63) is 0 Å². The number of amides is 2. The Hall–Kier alpha value is -1.14. The van der Waals surface area contributed by atoms with Crippen molar-refractivity contribution in [2.75, 3.05) is 26.7 Å². The lowest BCUT2D eigenvalue weighted by Gasteiger charge is -2.23. The molecule has 0 aromatic carbocycles. The van der Waals surface area contributed by atoms with Crippen LogP contribution in [0.4, 0.5) is 0 Å². The van der Waals surface area contributed by atoms with E-state index < -0.39 is 5.41 Å². The zero-order valence-corrected chi connectivity index (χ0v) is 11.7. The molecule has 0 radical (unpaired) electrons. The maximum absolute atomic E-state index is 11.7. The number of carbonyl (C=O) groups is 2. The van der Waals surface area contributed by atoms with Crippen LogP contribution in [0.3, 0.4) is 0 Å². The summed E-state index contributed by atoms with van der Waals surface area (Å²) in [5, 5.41) is 5.29. The van der Waals surface area contributed by atoms with Gasteiger partial charge in [0, 0.05) is 26.7 Å². The third-order valence-corrected chi connectivity index (χ3v) is 2.65. The molecule has 106 valence electrons. The van der Waals surface area contributed by atoms with Crippen molar-refractivity contribution in [1.29, 1.82) is 0 Å². The summed E-state index contributed by atoms with van der Waals surface area (Å²) in [5.74, 6) is -0.265. The molecule has 0 aliphatic heterocycles. The lowest BCUT2D eigenvalue weighted by molar-refractivity contribution is -0.129. The van der Waals surface area contributed by atoms with Gasteiger partial charge in [-0.1, -0.05) is 0 Å². The lowest BCUT2D eigenvalue weighted by Crippen LogP contribution is -2.44. The first-order chi connectivity index (χ1) is 8.37. The van der Waals surface area contributed by atoms with E-state index in [1.807, 2.05) is 6.92 Å². The van der Waals surface area contributed by atoms with Crippen molar-refractivity contribution in [3.8, 4) is 0 Å². The molecule has 0 bridgehead atoms. The van der Waals surface area contributed by atoms with E-state index in [-0.39, 0.29) is 30.9 Å². The van der Waals surface area contributed by atoms with Crippen molar-refractivity contribution in [2.45, 2.75) is 33.3 Å². The number of nitrogens with two attached hydrogens (primary N) is 1. The molecule has 0 saturated heterocycles. The van der Waals surface area contributed by atoms with E-state index in [0.717, 1.165) is 0 Å². The molecule has 18 heavy (non-hydrogen) atoms. The number of ether oxygens (including phenoxy) is 1. The number of hydrogen-bond donors (Lipinski definition) is 3. The Morgan fingerprint density at radius 3 is 2.44 bits per heavy atom. The largest absolute Gasteiger partial charge is 0.377 e. The molecule has 0 aromatic heterocycles. The molecular formula is C12H25N3O3. The zero-order valence-electron chi connectivity index (χ0n) is 11.7. The fourth-order valence-corrected chi connectivity index (χ4v) is 1.46. The summed E-state index contributed by atoms with van der Waals surface area (Å²) < 4.78 is 5.30. The highest BCUT2D eigenvalue weighted by molar-refractivity contribution is 5.83. The standard InChI is InChI=1S/C12H25N3O3/c1-5-18-9(7-13)6-10(16)15-8-12(2,3)11(17)14-4/h9H,5-8,13H2,1-4H3,(H,14,17)(H,15,16). The van der Waals surface area contributed by atoms with Gasteiger partial charge in [0.05, 0.1) is 17.9 Å². The van der Waals surface area contributed by atoms with Crippen LogP contribution in [0.5, 0.6) is 0 Å². The van der Waals surface area contributed by atoms with E-state index in [1.54, 1.807) is 20.9 Å². The second-order valence-electron chi connectivity index (χ2n) is 4.76. The van der Waals surface area contributed by atoms with Crippen LogP contribution in [0, 0.1) is 5.41 Å². The van der Waals surface area contributed by atoms with Crippen LogP contribution in [-0.2, 0) is 14.3 Å². The van der Waals surface area contributed by atoms with Gasteiger partial charge in [0.2, 0.25) is 11.8 Å². The smallest absolute Gasteiger partial charge is 0.227 e. The first kappa shape index (κ1) is 16.9. The highest BCUT2D eigenvalue weighted by Gasteiger charge is 2.27. The van der Waals surface area contributed by atoms with Crippen LogP contribution in [0.25, 0.3) is 0 Å². The van der Waals surface area contributed by atoms with E-state index in [0.29, 0.717) is 13.2 Å². The van der Waals surface area contributed by atoms with Gasteiger partial charge >= 0.3 is 0 Å². The predicted molar refractivity (Wildman–Crippen MR) is 69.9 cm³/mol. The van der Waals surface area contributed by atoms with Crippen LogP contribution in [0.1, 0.15) is 27.2 Å². The summed E-state index contributed by atoms with van der Waals surface area (Å²) in [6.07, 6.45) is -0.0492. The average Bonchev–Trinajstić information content (AvgIpc) is 2.34. The fraction of sp³-hybridized carbons (Fsp3) is 0.833. The van der Waals surface area contributed by atoms with Crippen LogP contribution >= 0.6 is 0 Å². The van der Waals surface area contributed by atoms with E-state index in [2.05, 4.69) is 10.6 Å². The average molecular weight is 259 g/mol. The molecule has 1 unspecified atom stereocenters. The van der Waals surface area contributed by atoms with E-state index in [4.69, 9.17) is 10.5 Å². The lowest BCUT2D eigenvalue weighted by atomic mass is 9.92. The minimum atomic E-state index is -0.631. The third kappa shape index (κ3) is 5.97. The highest BCUT2D eigenvalue weighted by atomic mass is 16.5. The molecule has 0 rings (SSSR count). The normalized spacial score (nSPS) is 12.9. The van der Waals surface area contributed by atoms with Crippen molar-refractivity contribution >= 4 is 11.8 Å². The number of rotatable bonds is 8. The molecular weight excluding hydrogens is 234 g/mol. The Balaban J connectivity index is 4.13. The molecule has 0 spiro atoms. The van der Waals surface area contributed by atoms with Crippen molar-refractivity contribution in [2.24, 2.45) is 11.1 Å². The first-order valence-corrected chi connectivity index (χ1v) is 6.18. The molecule has 0 aliphatic carbocycles. The molecule has 0 saturated carbocycles. The minimum absolute atomic E-state index is 0.108. The minimum Gasteiger partial charge on any atom is -0.377 e. The van der Waals surface area contributed by atoms with Crippen LogP contribution in [-0.4, -0.2) is 44.7 Å². The molecule has 0 aliphatic rings. The van der Waals surface area contributed by atoms with E-state index in [1.165, 1.54) is 0 Å². The van der Waals surface area contributed by atoms with Gasteiger partial charge in [0.25, 0.3) is 0 Å². The van der Waals surface area contributed by atoms with Gasteiger partial charge in [0.15, 0.2) is 0 Å². The Kier molecular flexibility index (Phi) is 7.54. The number of nitrogens with one attached hydrogen (secondary N) is 2. The van der Waals surface area contributed by atoms with Crippen molar-refractivity contribution < 1.29 is 14.3 Å². The maximum atomic E-state index is 11.7. The topological polar surface area (TPSA) is 93.4 Å². The molecule has 2 amide bonds. The van der Waals surface area contributed by atoms with Gasteiger partial charge in [-0.3, -0.25) is 9.59 Å². The molecule has 4 N–H and O–H groups in total. The molecule has 6 heteroatoms. The molecule has 6 nitrogen and oxygen atoms in total. The maximum Gasteiger partial charge on any atom is 0.227 e. The number of hydrogen-bond acceptors (Lipinski definition) is 4. The summed E-state index contributed by atoms with van der Waals surface area (Å²) in [7, 11) is 1.57. The zero-order chi connectivity index (χ0) is 14.2. The second-order valence-corrected chi connectivity index (χ2v) is 4.76. The van der Waals surface area contributed by atoms with Crippen molar-refractivity contribution in [3.63, 3.8) is 0 Å². The number of carbonyl (C=O) groups excluding carboxylic acids is 2. The Bertz CT molecular complexity index is 280. The predicted octanol–water partition coefficient (Wildman–Crippen LogP) is -0.371. The molecule has 1 atom stereocenters. The molecule has 0 aromatic rings. The van der Waals surface area contributed by atoms with Gasteiger partial charge < -0.3 is 21.1 Å². The van der Waals surface area contributed by atoms with Gasteiger partial charge in [-0.2, -0.15) is 0 Å². The summed E-state index contributed by atoms with van der Waals surface area (Å²) in [6, 6.07) is 0. The van der Waals surface area contributed by atoms with Crippen LogP contribution in [0.15, 0.2) is 0 Å². The van der Waals surface area contributed by atoms with Crippen molar-refractivity contribution in [1.82, 2.24) is 10.6 Å². The van der Waals surface area contributed by atoms with E-state index in [9.17, 15) is 9.59 Å². The van der Waals surface area contributed by atoms with Gasteiger partial charge in [-0.15, -0.1) is 0 Å². The summed E-state index contributed by atoms with van der Waals surface area (Å²) in [6.45, 7) is 6.52. The third-order valence-electron chi connectivity index (χ3n) is 2.65. The first-order valence-electron chi connectivity index (χ1n) is 6.18. The van der Waals surface area contributed by atoms with Crippen LogP contribution < -0.4 is 16.4 Å². The van der Waals surface area contributed by atoms with Gasteiger partial charge in [-0.25, -0.2) is 0 Å². The van der Waals surface area contributed by atoms with Crippen LogP contribution in [0.2, 0.25) is 0 Å². The van der Waals surface area contributed by atoms with Gasteiger partial charge in [-0.05, 0) is 20.8 Å². The summed E-state index contributed by atoms with van der Waals surface area (Å²) >= 11 is 0. The second kappa shape index (κ2) is 8.05. The Labute approximate surface area is 109 Å². The summed E-state index contributed by atoms with van der Waals surface area (Å²) in [5.41, 5.74) is 4.86. The quantitative estimate of drug-likeness (QED) is 0.554. The SMILES string of the molecule is CCOC(CN)CC(=O)NCC(C)(C)C(=O)NC. The monoisotopic (exact) mass is 259 g/mol. The van der Waals surface area contributed by atoms with E-state index >= 15 is 0 Å². The highest BCUT2D eigenvalue weighted by Crippen LogP contribution is 2.13.